The van der Waals surface area contributed by atoms with E-state index >= 15 is 0 Å². The molecule has 2 aromatic carbocycles. The second-order valence-electron chi connectivity index (χ2n) is 9.97. The maximum atomic E-state index is 13.1. The van der Waals surface area contributed by atoms with Crippen molar-refractivity contribution in [1.29, 1.82) is 0 Å². The van der Waals surface area contributed by atoms with Gasteiger partial charge in [-0.1, -0.05) is 42.5 Å². The van der Waals surface area contributed by atoms with E-state index in [0.717, 1.165) is 38.7 Å². The number of nitrogens with zero attached hydrogens (tertiary/aromatic N) is 3. The highest BCUT2D eigenvalue weighted by atomic mass is 32.2. The van der Waals surface area contributed by atoms with Crippen LogP contribution in [0.15, 0.2) is 76.3 Å². The summed E-state index contributed by atoms with van der Waals surface area (Å²) in [5, 5.41) is 22.1. The number of carboxylic acids is 2. The third kappa shape index (κ3) is 7.99. The first kappa shape index (κ1) is 29.9. The summed E-state index contributed by atoms with van der Waals surface area (Å²) in [7, 11) is -3.46. The molecule has 3 N–H and O–H groups in total. The van der Waals surface area contributed by atoms with Gasteiger partial charge in [0.1, 0.15) is 0 Å². The molecule has 0 radical (unpaired) electrons. The fraction of sp³-hybridized carbons (Fsp3) is 0.357. The van der Waals surface area contributed by atoms with Gasteiger partial charge in [-0.3, -0.25) is 9.69 Å². The molecule has 12 nitrogen and oxygen atoms in total. The molecule has 13 heteroatoms. The van der Waals surface area contributed by atoms with Gasteiger partial charge in [0, 0.05) is 24.9 Å². The van der Waals surface area contributed by atoms with Crippen LogP contribution in [0.1, 0.15) is 36.6 Å². The number of carboxylic acid groups (broad SMARTS) is 2. The number of aliphatic imine (C=N–C) groups is 1. The van der Waals surface area contributed by atoms with Crippen molar-refractivity contribution in [2.45, 2.75) is 36.9 Å². The summed E-state index contributed by atoms with van der Waals surface area (Å²) in [5.74, 6) is -3.93. The van der Waals surface area contributed by atoms with Crippen LogP contribution in [0.3, 0.4) is 0 Å². The van der Waals surface area contributed by atoms with Crippen LogP contribution in [0.2, 0.25) is 0 Å². The Morgan fingerprint density at radius 3 is 2.29 bits per heavy atom. The zero-order valence-corrected chi connectivity index (χ0v) is 23.3. The van der Waals surface area contributed by atoms with Crippen LogP contribution in [0, 0.1) is 5.92 Å². The van der Waals surface area contributed by atoms with Crippen molar-refractivity contribution in [3.63, 3.8) is 0 Å². The number of carbonyl (C=O) groups excluding carboxylic acids is 1. The van der Waals surface area contributed by atoms with Gasteiger partial charge in [-0.25, -0.2) is 27.8 Å². The number of likely N-dealkylation sites (tertiary alicyclic amines) is 1. The van der Waals surface area contributed by atoms with Gasteiger partial charge >= 0.3 is 11.9 Å². The van der Waals surface area contributed by atoms with Crippen molar-refractivity contribution >= 4 is 33.5 Å². The molecule has 0 aliphatic carbocycles. The summed E-state index contributed by atoms with van der Waals surface area (Å²) in [6.45, 7) is 3.11. The molecule has 1 saturated heterocycles. The highest BCUT2D eigenvalue weighted by Gasteiger charge is 2.37. The molecule has 4 rings (SSSR count). The number of hydrogen-bond donors (Lipinski definition) is 3. The Bertz CT molecular complexity index is 1430. The Morgan fingerprint density at radius 2 is 1.71 bits per heavy atom. The van der Waals surface area contributed by atoms with E-state index in [4.69, 9.17) is 4.84 Å². The number of hydroxylamine groups is 2. The lowest BCUT2D eigenvalue weighted by Crippen LogP contribution is -2.42. The first-order valence-electron chi connectivity index (χ1n) is 13.1. The summed E-state index contributed by atoms with van der Waals surface area (Å²) in [5.41, 5.74) is 0.796. The number of benzene rings is 2. The third-order valence-electron chi connectivity index (χ3n) is 6.93. The topological polar surface area (TPSA) is 166 Å². The third-order valence-corrected chi connectivity index (χ3v) is 8.05. The Kier molecular flexibility index (Phi) is 9.53. The first-order chi connectivity index (χ1) is 19.5. The minimum atomic E-state index is -3.46. The van der Waals surface area contributed by atoms with E-state index in [1.807, 2.05) is 18.2 Å². The van der Waals surface area contributed by atoms with E-state index in [9.17, 15) is 33.0 Å². The van der Waals surface area contributed by atoms with Crippen LogP contribution < -0.4 is 5.32 Å². The zero-order valence-electron chi connectivity index (χ0n) is 22.5. The highest BCUT2D eigenvalue weighted by Crippen LogP contribution is 2.30. The van der Waals surface area contributed by atoms with Crippen molar-refractivity contribution < 1.29 is 37.9 Å². The van der Waals surface area contributed by atoms with Gasteiger partial charge in [-0.15, -0.1) is 0 Å². The maximum Gasteiger partial charge on any atom is 0.355 e. The van der Waals surface area contributed by atoms with E-state index in [1.165, 1.54) is 29.8 Å². The molecule has 0 aromatic heterocycles. The van der Waals surface area contributed by atoms with Gasteiger partial charge in [-0.05, 0) is 56.0 Å². The highest BCUT2D eigenvalue weighted by molar-refractivity contribution is 7.90. The van der Waals surface area contributed by atoms with Crippen LogP contribution in [0.25, 0.3) is 0 Å². The number of carbonyl (C=O) groups is 3. The van der Waals surface area contributed by atoms with Crippen molar-refractivity contribution in [2.75, 3.05) is 25.9 Å². The molecule has 218 valence electrons. The lowest BCUT2D eigenvalue weighted by molar-refractivity contribution is -0.148. The lowest BCUT2D eigenvalue weighted by Gasteiger charge is -2.32. The molecule has 2 aliphatic rings. The molecule has 0 saturated carbocycles. The minimum absolute atomic E-state index is 0.0564. The Balaban J connectivity index is 1.40. The number of amides is 1. The normalized spacial score (nSPS) is 18.7. The van der Waals surface area contributed by atoms with Gasteiger partial charge < -0.3 is 15.5 Å². The Labute approximate surface area is 237 Å². The maximum absolute atomic E-state index is 13.1. The molecule has 1 unspecified atom stereocenters. The minimum Gasteiger partial charge on any atom is -0.478 e. The number of nitrogens with one attached hydrogen (secondary N) is 1. The van der Waals surface area contributed by atoms with Crippen LogP contribution in [0.5, 0.6) is 0 Å². The Morgan fingerprint density at radius 1 is 1.05 bits per heavy atom. The molecule has 41 heavy (non-hydrogen) atoms. The quantitative estimate of drug-likeness (QED) is 0.333. The molecule has 2 aromatic rings. The van der Waals surface area contributed by atoms with Gasteiger partial charge in [0.15, 0.2) is 15.5 Å². The molecular formula is C28H32N4O8S. The zero-order chi connectivity index (χ0) is 29.6. The van der Waals surface area contributed by atoms with E-state index in [1.54, 1.807) is 0 Å². The molecule has 1 atom stereocenters. The van der Waals surface area contributed by atoms with E-state index in [-0.39, 0.29) is 4.90 Å². The van der Waals surface area contributed by atoms with Crippen LogP contribution in [0.4, 0.5) is 0 Å². The molecule has 1 amide bonds. The van der Waals surface area contributed by atoms with Crippen molar-refractivity contribution in [3.8, 4) is 0 Å². The number of amidine groups is 1. The number of sulfone groups is 1. The van der Waals surface area contributed by atoms with E-state index in [0.29, 0.717) is 35.6 Å². The summed E-state index contributed by atoms with van der Waals surface area (Å²) in [4.78, 5) is 48.5. The predicted molar refractivity (Wildman–Crippen MR) is 148 cm³/mol. The molecule has 2 heterocycles. The SMILES string of the molecule is CS(=O)(=O)c1ccc(C2N=C(C(=O)NCCC3CCN(Cc4ccccc4)CC3)N(/C(=C/C(=O)O)C(=O)O)O2)cc1. The van der Waals surface area contributed by atoms with Gasteiger partial charge in [0.25, 0.3) is 5.91 Å². The van der Waals surface area contributed by atoms with Crippen molar-refractivity contribution in [3.05, 3.63) is 77.5 Å². The summed E-state index contributed by atoms with van der Waals surface area (Å²) < 4.78 is 23.6. The van der Waals surface area contributed by atoms with E-state index < -0.39 is 45.4 Å². The smallest absolute Gasteiger partial charge is 0.355 e. The second-order valence-corrected chi connectivity index (χ2v) is 12.0. The summed E-state index contributed by atoms with van der Waals surface area (Å²) in [6, 6.07) is 15.8. The molecule has 0 bridgehead atoms. The molecule has 2 aliphatic heterocycles. The summed E-state index contributed by atoms with van der Waals surface area (Å²) >= 11 is 0. The van der Waals surface area contributed by atoms with Crippen LogP contribution >= 0.6 is 0 Å². The molecular weight excluding hydrogens is 552 g/mol. The predicted octanol–water partition coefficient (Wildman–Crippen LogP) is 2.21. The first-order valence-corrected chi connectivity index (χ1v) is 15.0. The number of piperidine rings is 1. The van der Waals surface area contributed by atoms with Gasteiger partial charge in [-0.2, -0.15) is 5.06 Å². The van der Waals surface area contributed by atoms with Crippen LogP contribution in [-0.2, 0) is 35.6 Å². The largest absolute Gasteiger partial charge is 0.478 e. The average Bonchev–Trinajstić information content (AvgIpc) is 3.38. The standard InChI is InChI=1S/C28H32N4O8S/c1-41(38,39)22-9-7-21(8-10-22)27-30-25(32(40-27)23(28(36)37)17-24(33)34)26(35)29-14-11-19-12-15-31(16-13-19)18-20-5-3-2-4-6-20/h2-10,17,19,27H,11-16,18H2,1H3,(H,29,35)(H,33,34)(H,36,37)/b23-17+. The second kappa shape index (κ2) is 13.1. The lowest BCUT2D eigenvalue weighted by atomic mass is 9.93. The molecule has 0 spiro atoms. The fourth-order valence-electron chi connectivity index (χ4n) is 4.74. The fourth-order valence-corrected chi connectivity index (χ4v) is 5.37. The average molecular weight is 585 g/mol. The monoisotopic (exact) mass is 584 g/mol. The molecule has 1 fully saturated rings. The van der Waals surface area contributed by atoms with Gasteiger partial charge in [0.2, 0.25) is 12.1 Å². The van der Waals surface area contributed by atoms with Gasteiger partial charge in [0.05, 0.1) is 11.0 Å². The number of rotatable bonds is 11. The van der Waals surface area contributed by atoms with E-state index in [2.05, 4.69) is 27.3 Å². The van der Waals surface area contributed by atoms with Crippen molar-refractivity contribution in [1.82, 2.24) is 15.3 Å². The Hall–Kier alpha value is -4.07. The summed E-state index contributed by atoms with van der Waals surface area (Å²) in [6.07, 6.45) is 2.94. The number of hydrogen-bond acceptors (Lipinski definition) is 9. The van der Waals surface area contributed by atoms with Crippen LogP contribution in [-0.4, -0.2) is 78.2 Å². The van der Waals surface area contributed by atoms with Crippen molar-refractivity contribution in [2.24, 2.45) is 10.9 Å². The number of aliphatic carboxylic acids is 2.